The number of nitrogens with zero attached hydrogens (tertiary/aromatic N) is 2. The number of primary amides is 1. The maximum atomic E-state index is 14.2. The average Bonchev–Trinajstić information content (AvgIpc) is 3.04. The van der Waals surface area contributed by atoms with Crippen molar-refractivity contribution in [1.29, 1.82) is 0 Å². The molecule has 1 unspecified atom stereocenters. The molecule has 4 rings (SSSR count). The number of amides is 4. The van der Waals surface area contributed by atoms with Crippen LogP contribution in [-0.4, -0.2) is 50.2 Å². The van der Waals surface area contributed by atoms with E-state index in [9.17, 15) is 14.4 Å². The molecule has 0 saturated carbocycles. The minimum Gasteiger partial charge on any atom is -0.352 e. The number of urea groups is 1. The topological polar surface area (TPSA) is 141 Å². The first-order chi connectivity index (χ1) is 21.3. The van der Waals surface area contributed by atoms with Crippen molar-refractivity contribution in [2.45, 2.75) is 18.5 Å². The van der Waals surface area contributed by atoms with Gasteiger partial charge >= 0.3 is 6.03 Å². The number of aliphatic imine (C=N–C) groups is 1. The molecule has 4 aromatic rings. The molecule has 0 radical (unpaired) electrons. The molecule has 0 fully saturated rings. The van der Waals surface area contributed by atoms with Gasteiger partial charge in [0.15, 0.2) is 0 Å². The van der Waals surface area contributed by atoms with E-state index in [1.54, 1.807) is 21.1 Å². The number of carbonyl (C=O) groups is 3. The zero-order valence-electron chi connectivity index (χ0n) is 25.4. The fourth-order valence-corrected chi connectivity index (χ4v) is 4.91. The smallest absolute Gasteiger partial charge is 0.312 e. The Bertz CT molecular complexity index is 1560. The molecule has 0 aromatic heterocycles. The number of hydrogen-bond donors (Lipinski definition) is 5. The van der Waals surface area contributed by atoms with Gasteiger partial charge < -0.3 is 26.7 Å². The SMILES string of the molecule is CNNC=Nc1cccc(C(NC(=O)C(c2ccccc2)c2ccccc2)C(=O)N(C)C)c1-c1ccc(CNC(N)=O)cc1.Cl. The Hall–Kier alpha value is -5.19. The summed E-state index contributed by atoms with van der Waals surface area (Å²) < 4.78 is 0. The summed E-state index contributed by atoms with van der Waals surface area (Å²) in [4.78, 5) is 45.3. The van der Waals surface area contributed by atoms with Crippen molar-refractivity contribution < 1.29 is 14.4 Å². The van der Waals surface area contributed by atoms with Crippen LogP contribution in [0.25, 0.3) is 11.1 Å². The third-order valence-corrected chi connectivity index (χ3v) is 7.01. The van der Waals surface area contributed by atoms with Crippen LogP contribution >= 0.6 is 12.4 Å². The summed E-state index contributed by atoms with van der Waals surface area (Å²) in [5.41, 5.74) is 16.0. The third kappa shape index (κ3) is 8.91. The molecular weight excluding hydrogens is 590 g/mol. The van der Waals surface area contributed by atoms with Crippen LogP contribution in [0.1, 0.15) is 34.2 Å². The van der Waals surface area contributed by atoms with Crippen LogP contribution in [0.15, 0.2) is 108 Å². The van der Waals surface area contributed by atoms with E-state index in [-0.39, 0.29) is 30.8 Å². The molecule has 0 aliphatic heterocycles. The number of carbonyl (C=O) groups excluding carboxylic acids is 3. The normalized spacial score (nSPS) is 11.4. The van der Waals surface area contributed by atoms with Gasteiger partial charge in [-0.2, -0.15) is 0 Å². The summed E-state index contributed by atoms with van der Waals surface area (Å²) in [5.74, 6) is -1.25. The van der Waals surface area contributed by atoms with Crippen LogP contribution < -0.4 is 27.2 Å². The van der Waals surface area contributed by atoms with Crippen molar-refractivity contribution in [3.63, 3.8) is 0 Å². The molecule has 0 saturated heterocycles. The largest absolute Gasteiger partial charge is 0.352 e. The number of halogens is 1. The fourth-order valence-electron chi connectivity index (χ4n) is 4.91. The second kappa shape index (κ2) is 16.6. The van der Waals surface area contributed by atoms with Crippen molar-refractivity contribution >= 4 is 42.3 Å². The van der Waals surface area contributed by atoms with Crippen molar-refractivity contribution in [3.05, 3.63) is 125 Å². The predicted molar refractivity (Wildman–Crippen MR) is 180 cm³/mol. The molecule has 1 atom stereocenters. The maximum Gasteiger partial charge on any atom is 0.312 e. The fraction of sp³-hybridized carbons (Fsp3) is 0.176. The van der Waals surface area contributed by atoms with E-state index < -0.39 is 18.0 Å². The van der Waals surface area contributed by atoms with Crippen LogP contribution in [0.2, 0.25) is 0 Å². The molecule has 11 heteroatoms. The minimum absolute atomic E-state index is 0. The molecule has 0 bridgehead atoms. The molecule has 4 aromatic carbocycles. The lowest BCUT2D eigenvalue weighted by atomic mass is 9.88. The van der Waals surface area contributed by atoms with Crippen LogP contribution in [-0.2, 0) is 16.1 Å². The molecule has 6 N–H and O–H groups in total. The quantitative estimate of drug-likeness (QED) is 0.0899. The second-order valence-electron chi connectivity index (χ2n) is 10.2. The van der Waals surface area contributed by atoms with Gasteiger partial charge in [0.2, 0.25) is 11.8 Å². The molecule has 0 aliphatic carbocycles. The maximum absolute atomic E-state index is 14.2. The Balaban J connectivity index is 0.00000552. The molecule has 0 spiro atoms. The molecule has 45 heavy (non-hydrogen) atoms. The van der Waals surface area contributed by atoms with Gasteiger partial charge in [-0.1, -0.05) is 97.1 Å². The monoisotopic (exact) mass is 627 g/mol. The number of hydrazine groups is 1. The third-order valence-electron chi connectivity index (χ3n) is 7.01. The van der Waals surface area contributed by atoms with E-state index in [1.165, 1.54) is 11.2 Å². The van der Waals surface area contributed by atoms with Gasteiger partial charge in [0.25, 0.3) is 0 Å². The van der Waals surface area contributed by atoms with E-state index in [0.717, 1.165) is 22.3 Å². The van der Waals surface area contributed by atoms with Crippen molar-refractivity contribution in [2.75, 3.05) is 21.1 Å². The highest BCUT2D eigenvalue weighted by molar-refractivity contribution is 5.95. The van der Waals surface area contributed by atoms with E-state index >= 15 is 0 Å². The van der Waals surface area contributed by atoms with Crippen LogP contribution in [0, 0.1) is 0 Å². The lowest BCUT2D eigenvalue weighted by Gasteiger charge is -2.27. The summed E-state index contributed by atoms with van der Waals surface area (Å²) in [6.45, 7) is 0.270. The zero-order chi connectivity index (χ0) is 31.5. The number of rotatable bonds is 12. The summed E-state index contributed by atoms with van der Waals surface area (Å²) >= 11 is 0. The van der Waals surface area contributed by atoms with Gasteiger partial charge in [-0.15, -0.1) is 12.4 Å². The highest BCUT2D eigenvalue weighted by Crippen LogP contribution is 2.38. The molecule has 234 valence electrons. The van der Waals surface area contributed by atoms with E-state index in [2.05, 4.69) is 26.5 Å². The van der Waals surface area contributed by atoms with Gasteiger partial charge in [-0.3, -0.25) is 9.59 Å². The first-order valence-electron chi connectivity index (χ1n) is 14.1. The second-order valence-corrected chi connectivity index (χ2v) is 10.2. The van der Waals surface area contributed by atoms with Gasteiger partial charge in [-0.25, -0.2) is 15.2 Å². The first kappa shape index (κ1) is 34.3. The average molecular weight is 628 g/mol. The van der Waals surface area contributed by atoms with Crippen molar-refractivity contribution in [2.24, 2.45) is 10.7 Å². The van der Waals surface area contributed by atoms with Gasteiger partial charge in [-0.05, 0) is 33.9 Å². The summed E-state index contributed by atoms with van der Waals surface area (Å²) in [7, 11) is 5.04. The summed E-state index contributed by atoms with van der Waals surface area (Å²) in [6, 6.07) is 30.3. The number of benzene rings is 4. The van der Waals surface area contributed by atoms with Gasteiger partial charge in [0.1, 0.15) is 12.4 Å². The Morgan fingerprint density at radius 2 is 1.44 bits per heavy atom. The van der Waals surface area contributed by atoms with Crippen LogP contribution in [0.4, 0.5) is 10.5 Å². The summed E-state index contributed by atoms with van der Waals surface area (Å²) in [5, 5.41) is 5.67. The number of hydrogen-bond acceptors (Lipinski definition) is 5. The number of nitrogens with two attached hydrogens (primary N) is 1. The Morgan fingerprint density at radius 3 is 1.98 bits per heavy atom. The van der Waals surface area contributed by atoms with E-state index in [0.29, 0.717) is 16.8 Å². The molecular formula is C34H38ClN7O3. The van der Waals surface area contributed by atoms with Crippen molar-refractivity contribution in [3.8, 4) is 11.1 Å². The number of likely N-dealkylation sites (N-methyl/N-ethyl adjacent to an activating group) is 1. The minimum atomic E-state index is -1.02. The highest BCUT2D eigenvalue weighted by Gasteiger charge is 2.32. The van der Waals surface area contributed by atoms with E-state index in [4.69, 9.17) is 5.73 Å². The Morgan fingerprint density at radius 1 is 0.844 bits per heavy atom. The zero-order valence-corrected chi connectivity index (χ0v) is 26.2. The molecule has 10 nitrogen and oxygen atoms in total. The lowest BCUT2D eigenvalue weighted by molar-refractivity contribution is -0.134. The number of nitrogens with one attached hydrogen (secondary N) is 4. The van der Waals surface area contributed by atoms with Crippen molar-refractivity contribution in [1.82, 2.24) is 26.4 Å². The summed E-state index contributed by atoms with van der Waals surface area (Å²) in [6.07, 6.45) is 1.51. The molecule has 0 aliphatic rings. The van der Waals surface area contributed by atoms with Gasteiger partial charge in [0, 0.05) is 33.3 Å². The molecule has 0 heterocycles. The molecule has 4 amide bonds. The van der Waals surface area contributed by atoms with Crippen LogP contribution in [0.5, 0.6) is 0 Å². The Labute approximate surface area is 269 Å². The van der Waals surface area contributed by atoms with E-state index in [1.807, 2.05) is 103 Å². The Kier molecular flexibility index (Phi) is 12.7. The lowest BCUT2D eigenvalue weighted by Crippen LogP contribution is -2.42. The van der Waals surface area contributed by atoms with Gasteiger partial charge in [0.05, 0.1) is 11.6 Å². The first-order valence-corrected chi connectivity index (χ1v) is 14.1. The highest BCUT2D eigenvalue weighted by atomic mass is 35.5. The predicted octanol–water partition coefficient (Wildman–Crippen LogP) is 4.41. The standard InChI is InChI=1S/C34H37N7O3.ClH/c1-36-39-22-38-28-16-10-15-27(30(28)26-19-17-23(18-20-26)21-37-34(35)44)31(33(43)41(2)3)40-32(42)29(24-11-6-4-7-12-24)25-13-8-5-9-14-25;/h4-20,22,29,31,36H,21H2,1-3H3,(H,38,39)(H,40,42)(H3,35,37,44);1H. The van der Waals surface area contributed by atoms with Crippen LogP contribution in [0.3, 0.4) is 0 Å².